The van der Waals surface area contributed by atoms with Gasteiger partial charge in [-0.25, -0.2) is 0 Å². The van der Waals surface area contributed by atoms with Gasteiger partial charge in [0, 0.05) is 18.1 Å². The minimum Gasteiger partial charge on any atom is -0.487 e. The van der Waals surface area contributed by atoms with Crippen molar-refractivity contribution in [1.82, 2.24) is 10.3 Å². The van der Waals surface area contributed by atoms with Crippen molar-refractivity contribution in [2.24, 2.45) is 0 Å². The molecule has 27 heavy (non-hydrogen) atoms. The van der Waals surface area contributed by atoms with Crippen LogP contribution in [0.4, 0.5) is 0 Å². The molecule has 0 bridgehead atoms. The molecule has 0 saturated carbocycles. The van der Waals surface area contributed by atoms with Crippen molar-refractivity contribution in [3.63, 3.8) is 0 Å². The minimum absolute atomic E-state index is 0.121. The topological polar surface area (TPSA) is 47.3 Å². The van der Waals surface area contributed by atoms with E-state index in [1.807, 2.05) is 48.5 Å². The normalized spacial score (nSPS) is 12.2. The Balaban J connectivity index is 1.36. The number of furan rings is 1. The molecule has 0 amide bonds. The van der Waals surface area contributed by atoms with Gasteiger partial charge in [0.05, 0.1) is 11.7 Å². The number of pyridine rings is 1. The summed E-state index contributed by atoms with van der Waals surface area (Å²) in [6.45, 7) is 3.31. The lowest BCUT2D eigenvalue weighted by atomic mass is 10.2. The van der Waals surface area contributed by atoms with E-state index in [0.29, 0.717) is 6.61 Å². The fraction of sp³-hybridized carbons (Fsp3) is 0.174. The summed E-state index contributed by atoms with van der Waals surface area (Å²) in [5.74, 6) is 1.79. The maximum absolute atomic E-state index is 5.94. The summed E-state index contributed by atoms with van der Waals surface area (Å²) in [7, 11) is 0. The Bertz CT molecular complexity index is 978. The second-order valence-corrected chi connectivity index (χ2v) is 6.55. The molecule has 0 aliphatic carbocycles. The average Bonchev–Trinajstić information content (AvgIpc) is 3.16. The van der Waals surface area contributed by atoms with Crippen molar-refractivity contribution < 1.29 is 9.15 Å². The molecule has 136 valence electrons. The summed E-state index contributed by atoms with van der Waals surface area (Å²) in [5.41, 5.74) is 3.00. The molecule has 2 aromatic heterocycles. The van der Waals surface area contributed by atoms with Crippen molar-refractivity contribution >= 4 is 11.0 Å². The summed E-state index contributed by atoms with van der Waals surface area (Å²) >= 11 is 0. The van der Waals surface area contributed by atoms with Crippen LogP contribution in [0.5, 0.6) is 5.75 Å². The van der Waals surface area contributed by atoms with Crippen LogP contribution >= 0.6 is 0 Å². The third kappa shape index (κ3) is 4.36. The summed E-state index contributed by atoms with van der Waals surface area (Å²) in [5, 5.41) is 4.65. The Morgan fingerprint density at radius 2 is 1.89 bits per heavy atom. The van der Waals surface area contributed by atoms with Gasteiger partial charge in [-0.05, 0) is 48.9 Å². The molecule has 2 heterocycles. The Kier molecular flexibility index (Phi) is 5.17. The Labute approximate surface area is 158 Å². The van der Waals surface area contributed by atoms with Crippen LogP contribution in [0.1, 0.15) is 30.0 Å². The van der Waals surface area contributed by atoms with Gasteiger partial charge in [-0.3, -0.25) is 4.98 Å². The van der Waals surface area contributed by atoms with Crippen molar-refractivity contribution in [2.75, 3.05) is 0 Å². The van der Waals surface area contributed by atoms with Gasteiger partial charge in [-0.15, -0.1) is 0 Å². The first-order valence-electron chi connectivity index (χ1n) is 9.11. The van der Waals surface area contributed by atoms with E-state index in [-0.39, 0.29) is 6.04 Å². The number of aromatic nitrogens is 1. The van der Waals surface area contributed by atoms with Crippen LogP contribution in [0.25, 0.3) is 11.0 Å². The van der Waals surface area contributed by atoms with Crippen LogP contribution in [0, 0.1) is 0 Å². The number of para-hydroxylation sites is 1. The number of ether oxygens (including phenoxy) is 1. The van der Waals surface area contributed by atoms with Crippen LogP contribution in [-0.4, -0.2) is 4.98 Å². The van der Waals surface area contributed by atoms with Crippen molar-refractivity contribution in [3.05, 3.63) is 96.0 Å². The number of nitrogens with zero attached hydrogens (tertiary/aromatic N) is 1. The van der Waals surface area contributed by atoms with Crippen LogP contribution in [0.3, 0.4) is 0 Å². The van der Waals surface area contributed by atoms with Gasteiger partial charge < -0.3 is 14.5 Å². The second-order valence-electron chi connectivity index (χ2n) is 6.55. The van der Waals surface area contributed by atoms with Gasteiger partial charge in [0.1, 0.15) is 23.7 Å². The monoisotopic (exact) mass is 358 g/mol. The fourth-order valence-corrected chi connectivity index (χ4v) is 2.97. The number of hydrogen-bond acceptors (Lipinski definition) is 4. The number of benzene rings is 2. The molecule has 4 rings (SSSR count). The Morgan fingerprint density at radius 3 is 2.74 bits per heavy atom. The van der Waals surface area contributed by atoms with Crippen LogP contribution in [-0.2, 0) is 13.2 Å². The highest BCUT2D eigenvalue weighted by molar-refractivity contribution is 5.77. The second kappa shape index (κ2) is 8.06. The number of fused-ring (bicyclic) bond motifs is 1. The number of hydrogen-bond donors (Lipinski definition) is 1. The molecule has 0 unspecified atom stereocenters. The van der Waals surface area contributed by atoms with Crippen molar-refractivity contribution in [1.29, 1.82) is 0 Å². The van der Waals surface area contributed by atoms with E-state index >= 15 is 0 Å². The molecule has 2 aromatic carbocycles. The summed E-state index contributed by atoms with van der Waals surface area (Å²) in [6, 6.07) is 24.2. The van der Waals surface area contributed by atoms with E-state index in [4.69, 9.17) is 9.15 Å². The zero-order valence-electron chi connectivity index (χ0n) is 15.3. The van der Waals surface area contributed by atoms with E-state index in [9.17, 15) is 0 Å². The van der Waals surface area contributed by atoms with Crippen molar-refractivity contribution in [3.8, 4) is 5.75 Å². The largest absolute Gasteiger partial charge is 0.487 e. The lowest BCUT2D eigenvalue weighted by Crippen LogP contribution is -2.17. The molecule has 0 fully saturated rings. The van der Waals surface area contributed by atoms with Gasteiger partial charge in [0.25, 0.3) is 0 Å². The highest BCUT2D eigenvalue weighted by Gasteiger charge is 2.11. The maximum Gasteiger partial charge on any atom is 0.134 e. The molecule has 0 radical (unpaired) electrons. The molecule has 4 nitrogen and oxygen atoms in total. The fourth-order valence-electron chi connectivity index (χ4n) is 2.97. The first-order chi connectivity index (χ1) is 13.3. The zero-order chi connectivity index (χ0) is 18.5. The quantitative estimate of drug-likeness (QED) is 0.490. The molecule has 1 atom stereocenters. The lowest BCUT2D eigenvalue weighted by molar-refractivity contribution is 0.301. The first-order valence-corrected chi connectivity index (χ1v) is 9.11. The highest BCUT2D eigenvalue weighted by Crippen LogP contribution is 2.24. The molecule has 0 spiro atoms. The molecular formula is C23H22N2O2. The van der Waals surface area contributed by atoms with Gasteiger partial charge in [-0.2, -0.15) is 0 Å². The SMILES string of the molecule is C[C@@H](NCc1cccc(OCc2ccccn2)c1)c1cc2ccccc2o1. The first kappa shape index (κ1) is 17.3. The summed E-state index contributed by atoms with van der Waals surface area (Å²) < 4.78 is 11.8. The van der Waals surface area contributed by atoms with Gasteiger partial charge >= 0.3 is 0 Å². The molecule has 4 aromatic rings. The summed E-state index contributed by atoms with van der Waals surface area (Å²) in [4.78, 5) is 4.28. The van der Waals surface area contributed by atoms with Gasteiger partial charge in [0.15, 0.2) is 0 Å². The van der Waals surface area contributed by atoms with Crippen molar-refractivity contribution in [2.45, 2.75) is 26.1 Å². The summed E-state index contributed by atoms with van der Waals surface area (Å²) in [6.07, 6.45) is 1.78. The number of nitrogens with one attached hydrogen (secondary N) is 1. The average molecular weight is 358 g/mol. The van der Waals surface area contributed by atoms with Crippen LogP contribution < -0.4 is 10.1 Å². The minimum atomic E-state index is 0.121. The molecule has 1 N–H and O–H groups in total. The smallest absolute Gasteiger partial charge is 0.134 e. The predicted molar refractivity (Wildman–Crippen MR) is 106 cm³/mol. The maximum atomic E-state index is 5.94. The van der Waals surface area contributed by atoms with Gasteiger partial charge in [0.2, 0.25) is 0 Å². The Morgan fingerprint density at radius 1 is 1.00 bits per heavy atom. The van der Waals surface area contributed by atoms with Gasteiger partial charge in [-0.1, -0.05) is 36.4 Å². The molecule has 0 aliphatic heterocycles. The van der Waals surface area contributed by atoms with E-state index < -0.39 is 0 Å². The van der Waals surface area contributed by atoms with Crippen LogP contribution in [0.15, 0.2) is 83.4 Å². The van der Waals surface area contributed by atoms with Crippen LogP contribution in [0.2, 0.25) is 0 Å². The standard InChI is InChI=1S/C23H22N2O2/c1-17(23-14-19-8-2-3-11-22(19)27-23)25-15-18-7-6-10-21(13-18)26-16-20-9-4-5-12-24-20/h2-14,17,25H,15-16H2,1H3/t17-/m1/s1. The predicted octanol–water partition coefficient (Wildman–Crippen LogP) is 5.26. The third-order valence-electron chi connectivity index (χ3n) is 4.50. The zero-order valence-corrected chi connectivity index (χ0v) is 15.3. The van der Waals surface area contributed by atoms with E-state index in [1.165, 1.54) is 0 Å². The van der Waals surface area contributed by atoms with E-state index in [1.54, 1.807) is 6.20 Å². The number of rotatable bonds is 7. The molecule has 0 saturated heterocycles. The lowest BCUT2D eigenvalue weighted by Gasteiger charge is -2.12. The molecule has 0 aliphatic rings. The van der Waals surface area contributed by atoms with E-state index in [0.717, 1.165) is 40.3 Å². The molecular weight excluding hydrogens is 336 g/mol. The Hall–Kier alpha value is -3.11. The molecule has 4 heteroatoms. The highest BCUT2D eigenvalue weighted by atomic mass is 16.5. The van der Waals surface area contributed by atoms with E-state index in [2.05, 4.69) is 41.5 Å². The third-order valence-corrected chi connectivity index (χ3v) is 4.50.